The van der Waals surface area contributed by atoms with Crippen molar-refractivity contribution in [1.82, 2.24) is 0 Å². The lowest BCUT2D eigenvalue weighted by atomic mass is 9.95. The first-order valence-electron chi connectivity index (χ1n) is 5.64. The summed E-state index contributed by atoms with van der Waals surface area (Å²) >= 11 is 1.57. The second-order valence-corrected chi connectivity index (χ2v) is 4.96. The summed E-state index contributed by atoms with van der Waals surface area (Å²) < 4.78 is 42.1. The molecule has 0 spiro atoms. The highest BCUT2D eigenvalue weighted by molar-refractivity contribution is 7.98. The molecule has 106 valence electrons. The molecule has 2 nitrogen and oxygen atoms in total. The lowest BCUT2D eigenvalue weighted by molar-refractivity contribution is -0.142. The van der Waals surface area contributed by atoms with Gasteiger partial charge in [0, 0.05) is 0 Å². The van der Waals surface area contributed by atoms with Gasteiger partial charge in [0.2, 0.25) is 0 Å². The van der Waals surface area contributed by atoms with Crippen LogP contribution in [-0.4, -0.2) is 25.1 Å². The Morgan fingerprint density at radius 3 is 2.32 bits per heavy atom. The Hall–Kier alpha value is -1.17. The molecule has 1 rings (SSSR count). The predicted molar refractivity (Wildman–Crippen MR) is 69.2 cm³/mol. The van der Waals surface area contributed by atoms with Crippen molar-refractivity contribution in [3.63, 3.8) is 0 Å². The lowest BCUT2D eigenvalue weighted by Crippen LogP contribution is -2.15. The zero-order chi connectivity index (χ0) is 14.5. The van der Waals surface area contributed by atoms with Crippen LogP contribution in [0.2, 0.25) is 0 Å². The molecule has 0 aromatic heterocycles. The SMILES string of the molecule is COC(=O)C(CCSC)c1ccc(C(F)(F)F)cc1. The van der Waals surface area contributed by atoms with Crippen LogP contribution in [0, 0.1) is 0 Å². The van der Waals surface area contributed by atoms with E-state index in [-0.39, 0.29) is 0 Å². The molecule has 0 amide bonds. The third kappa shape index (κ3) is 4.45. The third-order valence-corrected chi connectivity index (χ3v) is 3.38. The Balaban J connectivity index is 2.93. The summed E-state index contributed by atoms with van der Waals surface area (Å²) in [5.41, 5.74) is -0.168. The van der Waals surface area contributed by atoms with Gasteiger partial charge in [-0.05, 0) is 36.1 Å². The van der Waals surface area contributed by atoms with Gasteiger partial charge in [-0.1, -0.05) is 12.1 Å². The third-order valence-electron chi connectivity index (χ3n) is 2.74. The summed E-state index contributed by atoms with van der Waals surface area (Å²) in [5, 5.41) is 0. The van der Waals surface area contributed by atoms with Gasteiger partial charge < -0.3 is 4.74 Å². The molecule has 0 aliphatic carbocycles. The number of carbonyl (C=O) groups is 1. The molecule has 1 aromatic carbocycles. The molecular weight excluding hydrogens is 277 g/mol. The van der Waals surface area contributed by atoms with E-state index in [1.54, 1.807) is 11.8 Å². The molecule has 0 heterocycles. The summed E-state index contributed by atoms with van der Waals surface area (Å²) in [6, 6.07) is 4.66. The van der Waals surface area contributed by atoms with Gasteiger partial charge in [0.1, 0.15) is 0 Å². The maximum atomic E-state index is 12.5. The number of halogens is 3. The maximum Gasteiger partial charge on any atom is 0.416 e. The lowest BCUT2D eigenvalue weighted by Gasteiger charge is -2.15. The van der Waals surface area contributed by atoms with Crippen molar-refractivity contribution in [3.8, 4) is 0 Å². The maximum absolute atomic E-state index is 12.5. The van der Waals surface area contributed by atoms with Crippen LogP contribution in [0.4, 0.5) is 13.2 Å². The van der Waals surface area contributed by atoms with Gasteiger partial charge in [-0.2, -0.15) is 24.9 Å². The van der Waals surface area contributed by atoms with Crippen molar-refractivity contribution in [3.05, 3.63) is 35.4 Å². The van der Waals surface area contributed by atoms with Crippen molar-refractivity contribution in [1.29, 1.82) is 0 Å². The molecule has 0 bridgehead atoms. The van der Waals surface area contributed by atoms with Crippen LogP contribution >= 0.6 is 11.8 Å². The van der Waals surface area contributed by atoms with E-state index in [4.69, 9.17) is 4.74 Å². The van der Waals surface area contributed by atoms with Gasteiger partial charge in [0.05, 0.1) is 18.6 Å². The molecular formula is C13H15F3O2S. The Morgan fingerprint density at radius 2 is 1.89 bits per heavy atom. The minimum absolute atomic E-state index is 0.422. The van der Waals surface area contributed by atoms with Gasteiger partial charge in [-0.15, -0.1) is 0 Å². The highest BCUT2D eigenvalue weighted by Gasteiger charge is 2.30. The number of hydrogen-bond acceptors (Lipinski definition) is 3. The molecule has 0 aliphatic heterocycles. The van der Waals surface area contributed by atoms with Gasteiger partial charge in [0.25, 0.3) is 0 Å². The summed E-state index contributed by atoms with van der Waals surface area (Å²) in [6.45, 7) is 0. The van der Waals surface area contributed by atoms with Crippen molar-refractivity contribution in [2.45, 2.75) is 18.5 Å². The van der Waals surface area contributed by atoms with Crippen molar-refractivity contribution >= 4 is 17.7 Å². The first-order valence-corrected chi connectivity index (χ1v) is 7.03. The smallest absolute Gasteiger partial charge is 0.416 e. The number of hydrogen-bond donors (Lipinski definition) is 0. The number of benzene rings is 1. The van der Waals surface area contributed by atoms with E-state index >= 15 is 0 Å². The average Bonchev–Trinajstić information content (AvgIpc) is 2.38. The molecule has 1 aromatic rings. The number of thioether (sulfide) groups is 1. The molecule has 0 saturated heterocycles. The molecule has 6 heteroatoms. The van der Waals surface area contributed by atoms with Gasteiger partial charge in [-0.25, -0.2) is 0 Å². The van der Waals surface area contributed by atoms with E-state index in [1.807, 2.05) is 6.26 Å². The number of methoxy groups -OCH3 is 1. The fraction of sp³-hybridized carbons (Fsp3) is 0.462. The van der Waals surface area contributed by atoms with Crippen LogP contribution in [0.5, 0.6) is 0 Å². The fourth-order valence-electron chi connectivity index (χ4n) is 1.70. The minimum atomic E-state index is -4.36. The first kappa shape index (κ1) is 15.9. The second kappa shape index (κ2) is 6.84. The monoisotopic (exact) mass is 292 g/mol. The quantitative estimate of drug-likeness (QED) is 0.774. The van der Waals surface area contributed by atoms with Crippen LogP contribution in [0.1, 0.15) is 23.5 Å². The molecule has 0 saturated carbocycles. The molecule has 0 fully saturated rings. The van der Waals surface area contributed by atoms with E-state index < -0.39 is 23.6 Å². The molecule has 19 heavy (non-hydrogen) atoms. The Labute approximate surface area is 114 Å². The summed E-state index contributed by atoms with van der Waals surface area (Å²) in [4.78, 5) is 11.6. The highest BCUT2D eigenvalue weighted by atomic mass is 32.2. The average molecular weight is 292 g/mol. The van der Waals surface area contributed by atoms with Gasteiger partial charge in [0.15, 0.2) is 0 Å². The van der Waals surface area contributed by atoms with Crippen LogP contribution in [0.25, 0.3) is 0 Å². The van der Waals surface area contributed by atoms with Crippen LogP contribution < -0.4 is 0 Å². The molecule has 0 radical (unpaired) electrons. The van der Waals surface area contributed by atoms with Crippen LogP contribution in [0.3, 0.4) is 0 Å². The normalized spacial score (nSPS) is 13.1. The Bertz CT molecular complexity index is 415. The molecule has 0 N–H and O–H groups in total. The Morgan fingerprint density at radius 1 is 1.32 bits per heavy atom. The van der Waals surface area contributed by atoms with Gasteiger partial charge in [-0.3, -0.25) is 4.79 Å². The summed E-state index contributed by atoms with van der Waals surface area (Å²) in [6.07, 6.45) is -1.92. The number of ether oxygens (including phenoxy) is 1. The van der Waals surface area contributed by atoms with Crippen LogP contribution in [0.15, 0.2) is 24.3 Å². The van der Waals surface area contributed by atoms with E-state index in [0.29, 0.717) is 12.0 Å². The second-order valence-electron chi connectivity index (χ2n) is 3.98. The van der Waals surface area contributed by atoms with Crippen LogP contribution in [-0.2, 0) is 15.7 Å². The summed E-state index contributed by atoms with van der Waals surface area (Å²) in [5.74, 6) is -0.200. The zero-order valence-electron chi connectivity index (χ0n) is 10.7. The number of carbonyl (C=O) groups excluding carboxylic acids is 1. The molecule has 0 aliphatic rings. The largest absolute Gasteiger partial charge is 0.469 e. The Kier molecular flexibility index (Phi) is 5.72. The van der Waals surface area contributed by atoms with Crippen molar-refractivity contribution in [2.24, 2.45) is 0 Å². The highest BCUT2D eigenvalue weighted by Crippen LogP contribution is 2.31. The van der Waals surface area contributed by atoms with E-state index in [2.05, 4.69) is 0 Å². The molecule has 1 atom stereocenters. The predicted octanol–water partition coefficient (Wildman–Crippen LogP) is 3.72. The zero-order valence-corrected chi connectivity index (χ0v) is 11.5. The topological polar surface area (TPSA) is 26.3 Å². The molecule has 1 unspecified atom stereocenters. The van der Waals surface area contributed by atoms with E-state index in [9.17, 15) is 18.0 Å². The van der Waals surface area contributed by atoms with Gasteiger partial charge >= 0.3 is 12.1 Å². The van der Waals surface area contributed by atoms with Crippen molar-refractivity contribution in [2.75, 3.05) is 19.1 Å². The van der Waals surface area contributed by atoms with E-state index in [0.717, 1.165) is 17.9 Å². The number of esters is 1. The first-order chi connectivity index (χ1) is 8.90. The van der Waals surface area contributed by atoms with Crippen molar-refractivity contribution < 1.29 is 22.7 Å². The van der Waals surface area contributed by atoms with E-state index in [1.165, 1.54) is 19.2 Å². The number of rotatable bonds is 5. The fourth-order valence-corrected chi connectivity index (χ4v) is 2.17. The summed E-state index contributed by atoms with van der Waals surface area (Å²) in [7, 11) is 1.28. The standard InChI is InChI=1S/C13H15F3O2S/c1-18-12(17)11(7-8-19-2)9-3-5-10(6-4-9)13(14,15)16/h3-6,11H,7-8H2,1-2H3. The number of alkyl halides is 3. The minimum Gasteiger partial charge on any atom is -0.469 e.